The van der Waals surface area contributed by atoms with Gasteiger partial charge in [-0.25, -0.2) is 14.4 Å². The average Bonchev–Trinajstić information content (AvgIpc) is 3.43. The molecule has 2 unspecified atom stereocenters. The summed E-state index contributed by atoms with van der Waals surface area (Å²) < 4.78 is 10.2. The van der Waals surface area contributed by atoms with Crippen molar-refractivity contribution < 1.29 is 4.74 Å². The molecule has 5 heterocycles. The van der Waals surface area contributed by atoms with Gasteiger partial charge in [-0.15, -0.1) is 10.2 Å². The topological polar surface area (TPSA) is 95.0 Å². The second kappa shape index (κ2) is 8.50. The third-order valence-corrected chi connectivity index (χ3v) is 6.42. The van der Waals surface area contributed by atoms with Crippen molar-refractivity contribution in [2.45, 2.75) is 38.7 Å². The first kappa shape index (κ1) is 21.3. The largest absolute Gasteiger partial charge is 0.475 e. The number of rotatable bonds is 5. The Morgan fingerprint density at radius 2 is 1.91 bits per heavy atom. The molecule has 0 aliphatic carbocycles. The van der Waals surface area contributed by atoms with Gasteiger partial charge in [0.15, 0.2) is 5.65 Å². The molecule has 1 aliphatic heterocycles. The summed E-state index contributed by atoms with van der Waals surface area (Å²) in [7, 11) is 1.86. The van der Waals surface area contributed by atoms with Crippen LogP contribution in [-0.2, 0) is 13.5 Å². The van der Waals surface area contributed by atoms with Gasteiger partial charge in [0, 0.05) is 36.9 Å². The molecule has 1 aliphatic rings. The van der Waals surface area contributed by atoms with Crippen LogP contribution in [0.2, 0.25) is 0 Å². The van der Waals surface area contributed by atoms with Crippen LogP contribution in [0.5, 0.6) is 5.88 Å². The van der Waals surface area contributed by atoms with Crippen LogP contribution in [-0.4, -0.2) is 40.5 Å². The number of hydrogen-bond donors (Lipinski definition) is 1. The third-order valence-electron chi connectivity index (χ3n) is 6.42. The minimum Gasteiger partial charge on any atom is -0.475 e. The van der Waals surface area contributed by atoms with E-state index in [0.717, 1.165) is 47.3 Å². The number of hydrogen-bond acceptors (Lipinski definition) is 7. The van der Waals surface area contributed by atoms with Gasteiger partial charge in [-0.2, -0.15) is 5.10 Å². The van der Waals surface area contributed by atoms with Crippen LogP contribution in [0.3, 0.4) is 0 Å². The molecule has 0 bridgehead atoms. The zero-order valence-electron chi connectivity index (χ0n) is 19.9. The number of ether oxygens (including phenoxy) is 1. The van der Waals surface area contributed by atoms with E-state index in [2.05, 4.69) is 63.7 Å². The maximum atomic E-state index is 6.38. The monoisotopic (exact) mass is 466 g/mol. The van der Waals surface area contributed by atoms with Crippen molar-refractivity contribution in [1.29, 1.82) is 0 Å². The summed E-state index contributed by atoms with van der Waals surface area (Å²) in [5.41, 5.74) is 4.96. The predicted octanol–water partition coefficient (Wildman–Crippen LogP) is 4.47. The molecule has 0 amide bonds. The molecule has 4 aromatic heterocycles. The fourth-order valence-electron chi connectivity index (χ4n) is 4.64. The van der Waals surface area contributed by atoms with E-state index in [-0.39, 0.29) is 12.0 Å². The van der Waals surface area contributed by atoms with Gasteiger partial charge in [0.05, 0.1) is 18.0 Å². The second-order valence-corrected chi connectivity index (χ2v) is 9.12. The highest BCUT2D eigenvalue weighted by Crippen LogP contribution is 2.35. The Bertz CT molecular complexity index is 1500. The molecule has 9 nitrogen and oxygen atoms in total. The van der Waals surface area contributed by atoms with Crippen molar-refractivity contribution in [3.05, 3.63) is 77.9 Å². The maximum Gasteiger partial charge on any atom is 0.228 e. The highest BCUT2D eigenvalue weighted by molar-refractivity contribution is 5.67. The highest BCUT2D eigenvalue weighted by atomic mass is 16.5. The highest BCUT2D eigenvalue weighted by Gasteiger charge is 2.28. The molecule has 0 saturated carbocycles. The fraction of sp³-hybridized carbons (Fsp3) is 0.269. The maximum absolute atomic E-state index is 6.38. The minimum absolute atomic E-state index is 0.0399. The first-order valence-electron chi connectivity index (χ1n) is 11.7. The van der Waals surface area contributed by atoms with E-state index < -0.39 is 0 Å². The van der Waals surface area contributed by atoms with E-state index in [1.54, 1.807) is 17.1 Å². The van der Waals surface area contributed by atoms with Gasteiger partial charge in [-0.05, 0) is 44.4 Å². The second-order valence-electron chi connectivity index (χ2n) is 9.12. The molecular weight excluding hydrogens is 440 g/mol. The van der Waals surface area contributed by atoms with Gasteiger partial charge in [0.25, 0.3) is 0 Å². The quantitative estimate of drug-likeness (QED) is 0.408. The Morgan fingerprint density at radius 1 is 1.06 bits per heavy atom. The molecule has 0 spiro atoms. The lowest BCUT2D eigenvalue weighted by atomic mass is 9.93. The minimum atomic E-state index is 0.0399. The zero-order valence-corrected chi connectivity index (χ0v) is 19.9. The van der Waals surface area contributed by atoms with Crippen molar-refractivity contribution in [2.24, 2.45) is 7.05 Å². The van der Waals surface area contributed by atoms with Crippen molar-refractivity contribution in [2.75, 3.05) is 5.32 Å². The van der Waals surface area contributed by atoms with E-state index in [4.69, 9.17) is 9.72 Å². The smallest absolute Gasteiger partial charge is 0.228 e. The third kappa shape index (κ3) is 4.09. The Labute approximate surface area is 202 Å². The summed E-state index contributed by atoms with van der Waals surface area (Å²) in [5, 5.41) is 16.5. The van der Waals surface area contributed by atoms with Crippen LogP contribution in [0.1, 0.15) is 36.2 Å². The Morgan fingerprint density at radius 3 is 2.71 bits per heavy atom. The summed E-state index contributed by atoms with van der Waals surface area (Å²) in [4.78, 5) is 9.07. The van der Waals surface area contributed by atoms with E-state index in [9.17, 15) is 0 Å². The fourth-order valence-corrected chi connectivity index (χ4v) is 4.64. The van der Waals surface area contributed by atoms with Crippen LogP contribution < -0.4 is 10.1 Å². The lowest BCUT2D eigenvalue weighted by Gasteiger charge is -2.16. The van der Waals surface area contributed by atoms with Gasteiger partial charge in [-0.1, -0.05) is 29.8 Å². The molecule has 176 valence electrons. The summed E-state index contributed by atoms with van der Waals surface area (Å²) in [6.45, 7) is 4.22. The van der Waals surface area contributed by atoms with Crippen molar-refractivity contribution in [1.82, 2.24) is 34.3 Å². The molecule has 0 fully saturated rings. The van der Waals surface area contributed by atoms with Gasteiger partial charge in [-0.3, -0.25) is 4.68 Å². The molecular formula is C26H26N8O. The predicted molar refractivity (Wildman–Crippen MR) is 133 cm³/mol. The summed E-state index contributed by atoms with van der Waals surface area (Å²) >= 11 is 0. The molecule has 5 aromatic rings. The van der Waals surface area contributed by atoms with Gasteiger partial charge < -0.3 is 10.1 Å². The number of anilines is 2. The van der Waals surface area contributed by atoms with Crippen molar-refractivity contribution >= 4 is 17.4 Å². The lowest BCUT2D eigenvalue weighted by Crippen LogP contribution is -2.15. The first-order chi connectivity index (χ1) is 17.0. The zero-order chi connectivity index (χ0) is 23.9. The summed E-state index contributed by atoms with van der Waals surface area (Å²) in [6, 6.07) is 16.5. The number of nitrogens with zero attached hydrogens (tertiary/aromatic N) is 7. The van der Waals surface area contributed by atoms with E-state index in [1.807, 2.05) is 35.7 Å². The molecule has 2 atom stereocenters. The molecule has 9 heteroatoms. The Balaban J connectivity index is 1.36. The molecule has 35 heavy (non-hydrogen) atoms. The molecule has 0 radical (unpaired) electrons. The molecule has 1 aromatic carbocycles. The van der Waals surface area contributed by atoms with E-state index >= 15 is 0 Å². The van der Waals surface area contributed by atoms with Gasteiger partial charge in [0.2, 0.25) is 11.8 Å². The standard InChI is InChI=1S/C26H26N8O/c1-16-4-6-18(7-5-16)13-20-12-17(2)35-24-15-19(14-23-31-32-25(20)34(23)24)21-8-10-27-26(29-21)30-22-9-11-28-33(22)3/h4-11,14-15,17,20H,12-13H2,1-3H3,(H,27,29,30). The van der Waals surface area contributed by atoms with E-state index in [0.29, 0.717) is 5.95 Å². The molecule has 1 N–H and O–H groups in total. The van der Waals surface area contributed by atoms with Crippen molar-refractivity contribution in [3.63, 3.8) is 0 Å². The van der Waals surface area contributed by atoms with Crippen LogP contribution in [0, 0.1) is 6.92 Å². The summed E-state index contributed by atoms with van der Waals surface area (Å²) in [5.74, 6) is 3.18. The number of nitrogens with one attached hydrogen (secondary N) is 1. The van der Waals surface area contributed by atoms with Gasteiger partial charge in [0.1, 0.15) is 11.6 Å². The SMILES string of the molecule is Cc1ccc(CC2CC(C)Oc3cc(-c4ccnc(Nc5ccnn5C)n4)cc4nnc2n34)cc1. The number of aryl methyl sites for hydroxylation is 2. The van der Waals surface area contributed by atoms with Crippen LogP contribution >= 0.6 is 0 Å². The number of benzene rings is 1. The number of pyridine rings is 1. The Kier molecular flexibility index (Phi) is 5.17. The molecule has 6 rings (SSSR count). The number of aromatic nitrogens is 7. The Hall–Kier alpha value is -4.27. The van der Waals surface area contributed by atoms with Crippen LogP contribution in [0.25, 0.3) is 16.9 Å². The van der Waals surface area contributed by atoms with Crippen LogP contribution in [0.4, 0.5) is 11.8 Å². The normalized spacial score (nSPS) is 17.2. The van der Waals surface area contributed by atoms with Crippen LogP contribution in [0.15, 0.2) is 60.9 Å². The van der Waals surface area contributed by atoms with Crippen molar-refractivity contribution in [3.8, 4) is 17.1 Å². The summed E-state index contributed by atoms with van der Waals surface area (Å²) in [6.07, 6.45) is 5.26. The average molecular weight is 467 g/mol. The van der Waals surface area contributed by atoms with Gasteiger partial charge >= 0.3 is 0 Å². The first-order valence-corrected chi connectivity index (χ1v) is 11.7. The van der Waals surface area contributed by atoms with E-state index in [1.165, 1.54) is 11.1 Å². The lowest BCUT2D eigenvalue weighted by molar-refractivity contribution is 0.200. The molecule has 0 saturated heterocycles.